The van der Waals surface area contributed by atoms with E-state index in [2.05, 4.69) is 31.0 Å². The molecule has 0 spiro atoms. The Balaban J connectivity index is 2.31. The molecule has 16 heavy (non-hydrogen) atoms. The molecule has 0 amide bonds. The summed E-state index contributed by atoms with van der Waals surface area (Å²) in [5.41, 5.74) is 3.61. The molecule has 1 aromatic carbocycles. The smallest absolute Gasteiger partial charge is 0.253 e. The maximum absolute atomic E-state index is 11.5. The average Bonchev–Trinajstić information content (AvgIpc) is 2.27. The number of benzene rings is 1. The van der Waals surface area contributed by atoms with Gasteiger partial charge in [-0.3, -0.25) is 9.36 Å². The maximum atomic E-state index is 11.5. The van der Waals surface area contributed by atoms with Crippen LogP contribution in [0.4, 0.5) is 0 Å². The van der Waals surface area contributed by atoms with Gasteiger partial charge in [-0.1, -0.05) is 18.2 Å². The highest BCUT2D eigenvalue weighted by molar-refractivity contribution is 5.30. The fraction of sp³-hybridized carbons (Fsp3) is 0.231. The third-order valence-electron chi connectivity index (χ3n) is 2.72. The van der Waals surface area contributed by atoms with E-state index in [1.165, 1.54) is 23.4 Å². The zero-order chi connectivity index (χ0) is 11.5. The highest BCUT2D eigenvalue weighted by Crippen LogP contribution is 2.10. The molecule has 82 valence electrons. The van der Waals surface area contributed by atoms with Crippen molar-refractivity contribution in [1.29, 1.82) is 0 Å². The van der Waals surface area contributed by atoms with Crippen molar-refractivity contribution in [3.8, 4) is 0 Å². The fourth-order valence-electron chi connectivity index (χ4n) is 1.60. The van der Waals surface area contributed by atoms with Gasteiger partial charge in [0.2, 0.25) is 0 Å². The van der Waals surface area contributed by atoms with Crippen molar-refractivity contribution in [2.45, 2.75) is 20.4 Å². The SMILES string of the molecule is Cc1ccc(Cn2cnccc2=O)cc1C. The molecule has 0 aliphatic rings. The van der Waals surface area contributed by atoms with Crippen LogP contribution in [0.5, 0.6) is 0 Å². The van der Waals surface area contributed by atoms with E-state index in [1.54, 1.807) is 10.9 Å². The van der Waals surface area contributed by atoms with E-state index in [1.807, 2.05) is 6.07 Å². The van der Waals surface area contributed by atoms with Crippen molar-refractivity contribution in [2.24, 2.45) is 0 Å². The van der Waals surface area contributed by atoms with Crippen LogP contribution >= 0.6 is 0 Å². The zero-order valence-corrected chi connectivity index (χ0v) is 9.47. The monoisotopic (exact) mass is 214 g/mol. The van der Waals surface area contributed by atoms with Crippen LogP contribution < -0.4 is 5.56 Å². The molecule has 2 aromatic rings. The lowest BCUT2D eigenvalue weighted by Crippen LogP contribution is -2.19. The van der Waals surface area contributed by atoms with Crippen LogP contribution in [0.15, 0.2) is 41.6 Å². The van der Waals surface area contributed by atoms with Crippen molar-refractivity contribution >= 4 is 0 Å². The lowest BCUT2D eigenvalue weighted by molar-refractivity contribution is 0.735. The summed E-state index contributed by atoms with van der Waals surface area (Å²) < 4.78 is 1.60. The summed E-state index contributed by atoms with van der Waals surface area (Å²) in [6, 6.07) is 7.70. The van der Waals surface area contributed by atoms with E-state index in [9.17, 15) is 4.79 Å². The first-order chi connectivity index (χ1) is 7.66. The van der Waals surface area contributed by atoms with Crippen molar-refractivity contribution < 1.29 is 0 Å². The largest absolute Gasteiger partial charge is 0.295 e. The molecule has 0 bridgehead atoms. The number of hydrogen-bond acceptors (Lipinski definition) is 2. The van der Waals surface area contributed by atoms with E-state index < -0.39 is 0 Å². The minimum atomic E-state index is -0.0202. The summed E-state index contributed by atoms with van der Waals surface area (Å²) in [6.45, 7) is 4.73. The molecule has 0 fully saturated rings. The third-order valence-corrected chi connectivity index (χ3v) is 2.72. The van der Waals surface area contributed by atoms with Crippen molar-refractivity contribution in [2.75, 3.05) is 0 Å². The van der Waals surface area contributed by atoms with Crippen molar-refractivity contribution in [3.63, 3.8) is 0 Å². The minimum Gasteiger partial charge on any atom is -0.295 e. The molecule has 0 saturated carbocycles. The lowest BCUT2D eigenvalue weighted by Gasteiger charge is -2.07. The van der Waals surface area contributed by atoms with Crippen LogP contribution in [0, 0.1) is 13.8 Å². The molecule has 0 aliphatic carbocycles. The number of rotatable bonds is 2. The first-order valence-electron chi connectivity index (χ1n) is 5.23. The number of hydrogen-bond donors (Lipinski definition) is 0. The predicted octanol–water partition coefficient (Wildman–Crippen LogP) is 1.91. The summed E-state index contributed by atoms with van der Waals surface area (Å²) in [5, 5.41) is 0. The Kier molecular flexibility index (Phi) is 2.86. The van der Waals surface area contributed by atoms with Gasteiger partial charge in [-0.25, -0.2) is 4.98 Å². The number of aryl methyl sites for hydroxylation is 2. The zero-order valence-electron chi connectivity index (χ0n) is 9.47. The van der Waals surface area contributed by atoms with Crippen LogP contribution in [-0.4, -0.2) is 9.55 Å². The normalized spacial score (nSPS) is 10.4. The fourth-order valence-corrected chi connectivity index (χ4v) is 1.60. The van der Waals surface area contributed by atoms with Gasteiger partial charge in [0.1, 0.15) is 0 Å². The van der Waals surface area contributed by atoms with E-state index in [4.69, 9.17) is 0 Å². The van der Waals surface area contributed by atoms with Gasteiger partial charge < -0.3 is 0 Å². The Hall–Kier alpha value is -1.90. The Morgan fingerprint density at radius 2 is 2.00 bits per heavy atom. The molecular weight excluding hydrogens is 200 g/mol. The van der Waals surface area contributed by atoms with E-state index >= 15 is 0 Å². The maximum Gasteiger partial charge on any atom is 0.253 e. The van der Waals surface area contributed by atoms with Crippen LogP contribution in [0.1, 0.15) is 16.7 Å². The van der Waals surface area contributed by atoms with Crippen LogP contribution in [0.3, 0.4) is 0 Å². The number of nitrogens with zero attached hydrogens (tertiary/aromatic N) is 2. The molecule has 0 atom stereocenters. The van der Waals surface area contributed by atoms with Gasteiger partial charge >= 0.3 is 0 Å². The lowest BCUT2D eigenvalue weighted by atomic mass is 10.1. The van der Waals surface area contributed by atoms with Gasteiger partial charge in [0.15, 0.2) is 0 Å². The van der Waals surface area contributed by atoms with Gasteiger partial charge in [0.05, 0.1) is 12.9 Å². The second-order valence-electron chi connectivity index (χ2n) is 3.97. The number of aromatic nitrogens is 2. The van der Waals surface area contributed by atoms with Gasteiger partial charge in [-0.15, -0.1) is 0 Å². The second-order valence-corrected chi connectivity index (χ2v) is 3.97. The van der Waals surface area contributed by atoms with Crippen molar-refractivity contribution in [1.82, 2.24) is 9.55 Å². The molecule has 0 unspecified atom stereocenters. The summed E-state index contributed by atoms with van der Waals surface area (Å²) in [6.07, 6.45) is 3.08. The topological polar surface area (TPSA) is 34.9 Å². The van der Waals surface area contributed by atoms with Gasteiger partial charge in [-0.2, -0.15) is 0 Å². The van der Waals surface area contributed by atoms with Crippen LogP contribution in [0.2, 0.25) is 0 Å². The molecule has 0 aliphatic heterocycles. The molecule has 3 nitrogen and oxygen atoms in total. The third kappa shape index (κ3) is 2.19. The summed E-state index contributed by atoms with van der Waals surface area (Å²) in [5.74, 6) is 0. The first-order valence-corrected chi connectivity index (χ1v) is 5.23. The van der Waals surface area contributed by atoms with Crippen LogP contribution in [-0.2, 0) is 6.54 Å². The molecule has 0 radical (unpaired) electrons. The summed E-state index contributed by atoms with van der Waals surface area (Å²) in [4.78, 5) is 15.4. The quantitative estimate of drug-likeness (QED) is 0.765. The Bertz CT molecular complexity index is 558. The van der Waals surface area contributed by atoms with Crippen LogP contribution in [0.25, 0.3) is 0 Å². The molecule has 0 saturated heterocycles. The average molecular weight is 214 g/mol. The Labute approximate surface area is 94.4 Å². The molecule has 3 heteroatoms. The van der Waals surface area contributed by atoms with E-state index in [-0.39, 0.29) is 5.56 Å². The predicted molar refractivity (Wildman–Crippen MR) is 63.5 cm³/mol. The molecule has 2 rings (SSSR count). The van der Waals surface area contributed by atoms with Crippen molar-refractivity contribution in [3.05, 3.63) is 63.8 Å². The summed E-state index contributed by atoms with van der Waals surface area (Å²) >= 11 is 0. The Morgan fingerprint density at radius 1 is 1.19 bits per heavy atom. The molecule has 1 aromatic heterocycles. The van der Waals surface area contributed by atoms with E-state index in [0.29, 0.717) is 6.54 Å². The summed E-state index contributed by atoms with van der Waals surface area (Å²) in [7, 11) is 0. The standard InChI is InChI=1S/C13H14N2O/c1-10-3-4-12(7-11(10)2)8-15-9-14-6-5-13(15)16/h3-7,9H,8H2,1-2H3. The highest BCUT2D eigenvalue weighted by atomic mass is 16.1. The van der Waals surface area contributed by atoms with Gasteiger partial charge in [0, 0.05) is 12.3 Å². The first kappa shape index (κ1) is 10.6. The molecule has 0 N–H and O–H groups in total. The Morgan fingerprint density at radius 3 is 2.69 bits per heavy atom. The molecule has 1 heterocycles. The minimum absolute atomic E-state index is 0.0202. The second kappa shape index (κ2) is 4.31. The highest BCUT2D eigenvalue weighted by Gasteiger charge is 1.99. The molecular formula is C13H14N2O. The van der Waals surface area contributed by atoms with Gasteiger partial charge in [0.25, 0.3) is 5.56 Å². The van der Waals surface area contributed by atoms with E-state index in [0.717, 1.165) is 5.56 Å². The van der Waals surface area contributed by atoms with Gasteiger partial charge in [-0.05, 0) is 30.5 Å².